The number of halogens is 1. The van der Waals surface area contributed by atoms with Crippen LogP contribution in [-0.4, -0.2) is 34.3 Å². The van der Waals surface area contributed by atoms with Gasteiger partial charge < -0.3 is 5.73 Å². The highest BCUT2D eigenvalue weighted by molar-refractivity contribution is 6.30. The second-order valence-corrected chi connectivity index (χ2v) is 6.01. The summed E-state index contributed by atoms with van der Waals surface area (Å²) in [6.45, 7) is 12.0. The molecule has 0 radical (unpaired) electrons. The third-order valence-electron chi connectivity index (χ3n) is 3.30. The standard InChI is InChI=1S/C13H25ClN4/c1-6-18(9-13(3,4)8-15)7-11-10(2)16-17(5)12(11)14/h6-9,15H2,1-5H3. The van der Waals surface area contributed by atoms with Gasteiger partial charge in [-0.15, -0.1) is 0 Å². The Morgan fingerprint density at radius 3 is 2.44 bits per heavy atom. The summed E-state index contributed by atoms with van der Waals surface area (Å²) in [5.41, 5.74) is 8.05. The van der Waals surface area contributed by atoms with Crippen molar-refractivity contribution in [1.82, 2.24) is 14.7 Å². The highest BCUT2D eigenvalue weighted by atomic mass is 35.5. The molecule has 4 nitrogen and oxygen atoms in total. The van der Waals surface area contributed by atoms with Crippen molar-refractivity contribution in [2.24, 2.45) is 18.2 Å². The van der Waals surface area contributed by atoms with E-state index in [1.807, 2.05) is 14.0 Å². The van der Waals surface area contributed by atoms with Crippen LogP contribution in [0.5, 0.6) is 0 Å². The first-order valence-electron chi connectivity index (χ1n) is 6.41. The van der Waals surface area contributed by atoms with E-state index in [0.29, 0.717) is 6.54 Å². The minimum Gasteiger partial charge on any atom is -0.330 e. The second-order valence-electron chi connectivity index (χ2n) is 5.65. The van der Waals surface area contributed by atoms with E-state index >= 15 is 0 Å². The third-order valence-corrected chi connectivity index (χ3v) is 3.78. The maximum absolute atomic E-state index is 6.27. The van der Waals surface area contributed by atoms with Crippen LogP contribution in [-0.2, 0) is 13.6 Å². The highest BCUT2D eigenvalue weighted by Gasteiger charge is 2.21. The predicted molar refractivity (Wildman–Crippen MR) is 76.7 cm³/mol. The first-order valence-corrected chi connectivity index (χ1v) is 6.79. The monoisotopic (exact) mass is 272 g/mol. The summed E-state index contributed by atoms with van der Waals surface area (Å²) in [4.78, 5) is 2.36. The quantitative estimate of drug-likeness (QED) is 0.864. The molecule has 0 aliphatic rings. The Kier molecular flexibility index (Phi) is 5.20. The zero-order valence-electron chi connectivity index (χ0n) is 12.1. The van der Waals surface area contributed by atoms with Crippen LogP contribution in [0.4, 0.5) is 0 Å². The molecule has 0 unspecified atom stereocenters. The van der Waals surface area contributed by atoms with E-state index in [1.165, 1.54) is 0 Å². The minimum atomic E-state index is 0.124. The minimum absolute atomic E-state index is 0.124. The summed E-state index contributed by atoms with van der Waals surface area (Å²) < 4.78 is 1.73. The lowest BCUT2D eigenvalue weighted by Crippen LogP contribution is -2.38. The lowest BCUT2D eigenvalue weighted by atomic mass is 9.93. The molecule has 0 saturated carbocycles. The number of aromatic nitrogens is 2. The van der Waals surface area contributed by atoms with E-state index in [1.54, 1.807) is 4.68 Å². The van der Waals surface area contributed by atoms with Gasteiger partial charge >= 0.3 is 0 Å². The molecule has 0 bridgehead atoms. The molecule has 104 valence electrons. The summed E-state index contributed by atoms with van der Waals surface area (Å²) in [5.74, 6) is 0. The van der Waals surface area contributed by atoms with Crippen LogP contribution in [0.1, 0.15) is 32.0 Å². The maximum Gasteiger partial charge on any atom is 0.131 e. The summed E-state index contributed by atoms with van der Waals surface area (Å²) in [7, 11) is 1.87. The molecule has 5 heteroatoms. The Morgan fingerprint density at radius 2 is 2.06 bits per heavy atom. The number of aryl methyl sites for hydroxylation is 2. The van der Waals surface area contributed by atoms with Gasteiger partial charge in [0.15, 0.2) is 0 Å². The topological polar surface area (TPSA) is 47.1 Å². The van der Waals surface area contributed by atoms with Crippen molar-refractivity contribution in [2.75, 3.05) is 19.6 Å². The van der Waals surface area contributed by atoms with Gasteiger partial charge in [0.25, 0.3) is 0 Å². The molecule has 2 N–H and O–H groups in total. The Morgan fingerprint density at radius 1 is 1.44 bits per heavy atom. The number of hydrogen-bond donors (Lipinski definition) is 1. The van der Waals surface area contributed by atoms with Crippen LogP contribution < -0.4 is 5.73 Å². The summed E-state index contributed by atoms with van der Waals surface area (Å²) in [6, 6.07) is 0. The molecule has 0 saturated heterocycles. The summed E-state index contributed by atoms with van der Waals surface area (Å²) in [6.07, 6.45) is 0. The van der Waals surface area contributed by atoms with Gasteiger partial charge in [-0.3, -0.25) is 9.58 Å². The van der Waals surface area contributed by atoms with Crippen molar-refractivity contribution < 1.29 is 0 Å². The van der Waals surface area contributed by atoms with Crippen LogP contribution in [0.2, 0.25) is 5.15 Å². The number of nitrogens with zero attached hydrogens (tertiary/aromatic N) is 3. The fourth-order valence-electron chi connectivity index (χ4n) is 2.03. The van der Waals surface area contributed by atoms with Crippen LogP contribution in [0.25, 0.3) is 0 Å². The molecule has 0 atom stereocenters. The van der Waals surface area contributed by atoms with Gasteiger partial charge in [0.05, 0.1) is 5.69 Å². The summed E-state index contributed by atoms with van der Waals surface area (Å²) >= 11 is 6.27. The first-order chi connectivity index (χ1) is 8.30. The normalized spacial score (nSPS) is 12.4. The first kappa shape index (κ1) is 15.5. The number of hydrogen-bond acceptors (Lipinski definition) is 3. The van der Waals surface area contributed by atoms with Crippen molar-refractivity contribution in [3.8, 4) is 0 Å². The van der Waals surface area contributed by atoms with Crippen molar-refractivity contribution >= 4 is 11.6 Å². The molecule has 0 spiro atoms. The van der Waals surface area contributed by atoms with Crippen molar-refractivity contribution in [1.29, 1.82) is 0 Å². The largest absolute Gasteiger partial charge is 0.330 e. The van der Waals surface area contributed by atoms with Crippen LogP contribution >= 0.6 is 11.6 Å². The number of nitrogens with two attached hydrogens (primary N) is 1. The average molecular weight is 273 g/mol. The van der Waals surface area contributed by atoms with Gasteiger partial charge in [-0.25, -0.2) is 0 Å². The Hall–Kier alpha value is -0.580. The third kappa shape index (κ3) is 3.70. The molecular weight excluding hydrogens is 248 g/mol. The smallest absolute Gasteiger partial charge is 0.131 e. The van der Waals surface area contributed by atoms with E-state index < -0.39 is 0 Å². The zero-order valence-corrected chi connectivity index (χ0v) is 12.9. The lowest BCUT2D eigenvalue weighted by molar-refractivity contribution is 0.183. The molecule has 1 heterocycles. The lowest BCUT2D eigenvalue weighted by Gasteiger charge is -2.31. The highest BCUT2D eigenvalue weighted by Crippen LogP contribution is 2.22. The van der Waals surface area contributed by atoms with E-state index in [2.05, 4.69) is 30.8 Å². The van der Waals surface area contributed by atoms with Gasteiger partial charge in [-0.1, -0.05) is 32.4 Å². The molecule has 0 aliphatic carbocycles. The fraction of sp³-hybridized carbons (Fsp3) is 0.769. The van der Waals surface area contributed by atoms with Gasteiger partial charge in [0, 0.05) is 25.7 Å². The Balaban J connectivity index is 2.80. The predicted octanol–water partition coefficient (Wildman–Crippen LogP) is 2.19. The number of rotatable bonds is 6. The Bertz CT molecular complexity index is 398. The van der Waals surface area contributed by atoms with Gasteiger partial charge in [0.2, 0.25) is 0 Å². The van der Waals surface area contributed by atoms with Crippen molar-refractivity contribution in [2.45, 2.75) is 34.2 Å². The summed E-state index contributed by atoms with van der Waals surface area (Å²) in [5, 5.41) is 5.08. The molecule has 0 amide bonds. The molecule has 1 aromatic heterocycles. The van der Waals surface area contributed by atoms with Crippen molar-refractivity contribution in [3.63, 3.8) is 0 Å². The van der Waals surface area contributed by atoms with Crippen LogP contribution in [0, 0.1) is 12.3 Å². The second kappa shape index (κ2) is 6.04. The average Bonchev–Trinajstić information content (AvgIpc) is 2.54. The van der Waals surface area contributed by atoms with Crippen LogP contribution in [0.15, 0.2) is 0 Å². The molecule has 1 rings (SSSR count). The van der Waals surface area contributed by atoms with Crippen LogP contribution in [0.3, 0.4) is 0 Å². The van der Waals surface area contributed by atoms with E-state index in [-0.39, 0.29) is 5.41 Å². The molecule has 18 heavy (non-hydrogen) atoms. The molecule has 0 aliphatic heterocycles. The molecular formula is C13H25ClN4. The maximum atomic E-state index is 6.27. The molecule has 0 fully saturated rings. The van der Waals surface area contributed by atoms with Gasteiger partial charge in [-0.05, 0) is 25.4 Å². The van der Waals surface area contributed by atoms with E-state index in [4.69, 9.17) is 17.3 Å². The Labute approximate surface area is 115 Å². The van der Waals surface area contributed by atoms with E-state index in [9.17, 15) is 0 Å². The molecule has 1 aromatic rings. The molecule has 0 aromatic carbocycles. The zero-order chi connectivity index (χ0) is 13.9. The van der Waals surface area contributed by atoms with Gasteiger partial charge in [-0.2, -0.15) is 5.10 Å². The van der Waals surface area contributed by atoms with Gasteiger partial charge in [0.1, 0.15) is 5.15 Å². The SMILES string of the molecule is CCN(Cc1c(C)nn(C)c1Cl)CC(C)(C)CN. The van der Waals surface area contributed by atoms with Crippen molar-refractivity contribution in [3.05, 3.63) is 16.4 Å². The fourth-order valence-corrected chi connectivity index (χ4v) is 2.26. The van der Waals surface area contributed by atoms with E-state index in [0.717, 1.165) is 36.0 Å².